The zero-order valence-corrected chi connectivity index (χ0v) is 13.5. The van der Waals surface area contributed by atoms with Crippen molar-refractivity contribution in [1.82, 2.24) is 10.6 Å². The van der Waals surface area contributed by atoms with Gasteiger partial charge in [-0.25, -0.2) is 0 Å². The molecule has 22 heavy (non-hydrogen) atoms. The van der Waals surface area contributed by atoms with E-state index in [2.05, 4.69) is 85.1 Å². The van der Waals surface area contributed by atoms with Crippen LogP contribution in [0.15, 0.2) is 60.7 Å². The molecule has 0 bridgehead atoms. The highest BCUT2D eigenvalue weighted by atomic mass is 15.1. The van der Waals surface area contributed by atoms with Crippen LogP contribution in [0.4, 0.5) is 0 Å². The van der Waals surface area contributed by atoms with Crippen LogP contribution in [0.3, 0.4) is 0 Å². The average molecular weight is 294 g/mol. The molecule has 3 rings (SSSR count). The minimum Gasteiger partial charge on any atom is -0.307 e. The largest absolute Gasteiger partial charge is 0.307 e. The van der Waals surface area contributed by atoms with Crippen LogP contribution in [0.2, 0.25) is 0 Å². The fraction of sp³-hybridized carbons (Fsp3) is 0.400. The van der Waals surface area contributed by atoms with Crippen molar-refractivity contribution < 1.29 is 0 Å². The van der Waals surface area contributed by atoms with Crippen molar-refractivity contribution in [2.24, 2.45) is 5.92 Å². The lowest BCUT2D eigenvalue weighted by atomic mass is 9.89. The minimum absolute atomic E-state index is 0.320. The van der Waals surface area contributed by atoms with Crippen molar-refractivity contribution in [3.05, 3.63) is 71.8 Å². The van der Waals surface area contributed by atoms with Gasteiger partial charge in [0.05, 0.1) is 12.1 Å². The van der Waals surface area contributed by atoms with E-state index < -0.39 is 0 Å². The lowest BCUT2D eigenvalue weighted by molar-refractivity contribution is 0.249. The molecule has 1 aliphatic rings. The van der Waals surface area contributed by atoms with E-state index in [0.29, 0.717) is 24.0 Å². The van der Waals surface area contributed by atoms with Gasteiger partial charge in [-0.3, -0.25) is 0 Å². The second-order valence-corrected chi connectivity index (χ2v) is 6.68. The van der Waals surface area contributed by atoms with Crippen molar-refractivity contribution in [2.45, 2.75) is 38.4 Å². The predicted molar refractivity (Wildman–Crippen MR) is 92.7 cm³/mol. The van der Waals surface area contributed by atoms with Crippen LogP contribution in [-0.2, 0) is 0 Å². The first-order valence-electron chi connectivity index (χ1n) is 8.33. The Labute approximate surface area is 134 Å². The summed E-state index contributed by atoms with van der Waals surface area (Å²) in [6.07, 6.45) is 1.21. The third kappa shape index (κ3) is 3.57. The van der Waals surface area contributed by atoms with Gasteiger partial charge in [0.15, 0.2) is 0 Å². The smallest absolute Gasteiger partial charge is 0.0520 e. The SMILES string of the molecule is CC(C)C[C@H]1CN[C@H](c2ccccc2)[C@@H](c2ccccc2)N1. The summed E-state index contributed by atoms with van der Waals surface area (Å²) in [6.45, 7) is 5.62. The van der Waals surface area contributed by atoms with E-state index in [0.717, 1.165) is 6.54 Å². The van der Waals surface area contributed by atoms with Crippen molar-refractivity contribution in [3.63, 3.8) is 0 Å². The van der Waals surface area contributed by atoms with E-state index >= 15 is 0 Å². The standard InChI is InChI=1S/C20H26N2/c1-15(2)13-18-14-21-19(16-9-5-3-6-10-16)20(22-18)17-11-7-4-8-12-17/h3-12,15,18-22H,13-14H2,1-2H3/t18-,19+,20+/m0/s1. The molecule has 116 valence electrons. The molecule has 2 N–H and O–H groups in total. The fourth-order valence-electron chi connectivity index (χ4n) is 3.44. The van der Waals surface area contributed by atoms with Crippen LogP contribution >= 0.6 is 0 Å². The summed E-state index contributed by atoms with van der Waals surface area (Å²) < 4.78 is 0. The third-order valence-corrected chi connectivity index (χ3v) is 4.41. The van der Waals surface area contributed by atoms with Gasteiger partial charge in [0.25, 0.3) is 0 Å². The van der Waals surface area contributed by atoms with Crippen molar-refractivity contribution in [2.75, 3.05) is 6.54 Å². The van der Waals surface area contributed by atoms with Gasteiger partial charge in [0.2, 0.25) is 0 Å². The maximum atomic E-state index is 3.89. The van der Waals surface area contributed by atoms with E-state index in [1.807, 2.05) is 0 Å². The van der Waals surface area contributed by atoms with E-state index in [-0.39, 0.29) is 0 Å². The highest BCUT2D eigenvalue weighted by Gasteiger charge is 2.31. The Morgan fingerprint density at radius 3 is 1.95 bits per heavy atom. The molecule has 0 aliphatic carbocycles. The van der Waals surface area contributed by atoms with E-state index in [1.165, 1.54) is 17.5 Å². The lowest BCUT2D eigenvalue weighted by Crippen LogP contribution is -2.52. The Balaban J connectivity index is 1.86. The van der Waals surface area contributed by atoms with Crippen LogP contribution in [0.5, 0.6) is 0 Å². The average Bonchev–Trinajstić information content (AvgIpc) is 2.56. The van der Waals surface area contributed by atoms with Crippen LogP contribution in [0.25, 0.3) is 0 Å². The van der Waals surface area contributed by atoms with Crippen LogP contribution in [-0.4, -0.2) is 12.6 Å². The summed E-state index contributed by atoms with van der Waals surface area (Å²) in [7, 11) is 0. The maximum Gasteiger partial charge on any atom is 0.0520 e. The van der Waals surface area contributed by atoms with Gasteiger partial charge in [0, 0.05) is 12.6 Å². The van der Waals surface area contributed by atoms with Crippen LogP contribution in [0, 0.1) is 5.92 Å². The molecule has 2 aromatic rings. The normalized spacial score (nSPS) is 25.3. The number of nitrogens with one attached hydrogen (secondary N) is 2. The number of piperazine rings is 1. The maximum absolute atomic E-state index is 3.89. The van der Waals surface area contributed by atoms with Gasteiger partial charge in [-0.1, -0.05) is 74.5 Å². The number of rotatable bonds is 4. The number of benzene rings is 2. The number of hydrogen-bond acceptors (Lipinski definition) is 2. The highest BCUT2D eigenvalue weighted by molar-refractivity contribution is 5.28. The lowest BCUT2D eigenvalue weighted by Gasteiger charge is -2.40. The Bertz CT molecular complexity index is 565. The molecule has 0 spiro atoms. The van der Waals surface area contributed by atoms with Gasteiger partial charge in [-0.05, 0) is 23.5 Å². The molecule has 3 atom stereocenters. The van der Waals surface area contributed by atoms with Gasteiger partial charge < -0.3 is 10.6 Å². The summed E-state index contributed by atoms with van der Waals surface area (Å²) in [5.41, 5.74) is 2.71. The summed E-state index contributed by atoms with van der Waals surface area (Å²) in [4.78, 5) is 0. The van der Waals surface area contributed by atoms with Gasteiger partial charge in [-0.2, -0.15) is 0 Å². The first kappa shape index (κ1) is 15.3. The first-order valence-corrected chi connectivity index (χ1v) is 8.33. The molecule has 0 saturated carbocycles. The molecule has 1 heterocycles. The topological polar surface area (TPSA) is 24.1 Å². The minimum atomic E-state index is 0.320. The van der Waals surface area contributed by atoms with Gasteiger partial charge in [0.1, 0.15) is 0 Å². The van der Waals surface area contributed by atoms with Crippen LogP contribution < -0.4 is 10.6 Å². The van der Waals surface area contributed by atoms with Gasteiger partial charge >= 0.3 is 0 Å². The molecule has 2 heteroatoms. The van der Waals surface area contributed by atoms with Crippen molar-refractivity contribution >= 4 is 0 Å². The molecule has 1 saturated heterocycles. The Morgan fingerprint density at radius 2 is 1.41 bits per heavy atom. The molecule has 0 unspecified atom stereocenters. The number of hydrogen-bond donors (Lipinski definition) is 2. The van der Waals surface area contributed by atoms with Crippen LogP contribution in [0.1, 0.15) is 43.5 Å². The van der Waals surface area contributed by atoms with Gasteiger partial charge in [-0.15, -0.1) is 0 Å². The Kier molecular flexibility index (Phi) is 4.91. The molecule has 0 amide bonds. The molecule has 1 fully saturated rings. The zero-order chi connectivity index (χ0) is 15.4. The molecule has 0 aromatic heterocycles. The van der Waals surface area contributed by atoms with E-state index in [4.69, 9.17) is 0 Å². The Morgan fingerprint density at radius 1 is 0.864 bits per heavy atom. The molecule has 2 nitrogen and oxygen atoms in total. The van der Waals surface area contributed by atoms with Crippen molar-refractivity contribution in [3.8, 4) is 0 Å². The quantitative estimate of drug-likeness (QED) is 0.888. The van der Waals surface area contributed by atoms with Crippen molar-refractivity contribution in [1.29, 1.82) is 0 Å². The molecule has 2 aromatic carbocycles. The second kappa shape index (κ2) is 7.08. The summed E-state index contributed by atoms with van der Waals surface area (Å²) in [5.74, 6) is 0.712. The molecule has 1 aliphatic heterocycles. The Hall–Kier alpha value is -1.64. The summed E-state index contributed by atoms with van der Waals surface area (Å²) in [6, 6.07) is 22.8. The second-order valence-electron chi connectivity index (χ2n) is 6.68. The fourth-order valence-corrected chi connectivity index (χ4v) is 3.44. The monoisotopic (exact) mass is 294 g/mol. The van der Waals surface area contributed by atoms with E-state index in [1.54, 1.807) is 0 Å². The highest BCUT2D eigenvalue weighted by Crippen LogP contribution is 2.32. The summed E-state index contributed by atoms with van der Waals surface area (Å²) >= 11 is 0. The predicted octanol–water partition coefficient (Wildman–Crippen LogP) is 4.08. The molecular formula is C20H26N2. The molecule has 0 radical (unpaired) electrons. The first-order chi connectivity index (χ1) is 10.7. The molecular weight excluding hydrogens is 268 g/mol. The zero-order valence-electron chi connectivity index (χ0n) is 13.5. The van der Waals surface area contributed by atoms with E-state index in [9.17, 15) is 0 Å². The third-order valence-electron chi connectivity index (χ3n) is 4.41. The summed E-state index contributed by atoms with van der Waals surface area (Å²) in [5, 5.41) is 7.66.